The van der Waals surface area contributed by atoms with Crippen molar-refractivity contribution in [2.75, 3.05) is 12.4 Å². The van der Waals surface area contributed by atoms with Crippen LogP contribution < -0.4 is 14.8 Å². The molecule has 0 bridgehead atoms. The Hall–Kier alpha value is -2.17. The number of nitrogens with one attached hydrogen (secondary N) is 1. The number of anilines is 1. The van der Waals surface area contributed by atoms with Crippen LogP contribution in [0, 0.1) is 5.92 Å². The maximum absolute atomic E-state index is 11.3. The first-order valence-corrected chi connectivity index (χ1v) is 9.52. The molecule has 4 nitrogen and oxygen atoms in total. The van der Waals surface area contributed by atoms with Gasteiger partial charge in [-0.3, -0.25) is 4.79 Å². The third-order valence-electron chi connectivity index (χ3n) is 5.23. The van der Waals surface area contributed by atoms with Crippen LogP contribution in [0.3, 0.4) is 0 Å². The van der Waals surface area contributed by atoms with Crippen LogP contribution >= 0.6 is 23.2 Å². The lowest BCUT2D eigenvalue weighted by Crippen LogP contribution is -2.29. The number of carbonyl (C=O) groups is 1. The SMILES string of the molecule is COc1cc(C2Nc3c(ccc(Cl)c3Cl)C3C=CCC32)ccc1OC(C)=O. The van der Waals surface area contributed by atoms with Crippen LogP contribution in [-0.4, -0.2) is 13.1 Å². The second kappa shape index (κ2) is 7.10. The van der Waals surface area contributed by atoms with Crippen LogP contribution in [0.5, 0.6) is 11.5 Å². The van der Waals surface area contributed by atoms with Crippen LogP contribution in [0.15, 0.2) is 42.5 Å². The highest BCUT2D eigenvalue weighted by Crippen LogP contribution is 2.53. The van der Waals surface area contributed by atoms with E-state index in [4.69, 9.17) is 32.7 Å². The van der Waals surface area contributed by atoms with Crippen LogP contribution in [0.4, 0.5) is 5.69 Å². The van der Waals surface area contributed by atoms with E-state index < -0.39 is 0 Å². The van der Waals surface area contributed by atoms with E-state index in [0.717, 1.165) is 17.7 Å². The highest BCUT2D eigenvalue weighted by atomic mass is 35.5. The van der Waals surface area contributed by atoms with Crippen LogP contribution in [0.2, 0.25) is 10.0 Å². The van der Waals surface area contributed by atoms with E-state index in [1.807, 2.05) is 24.3 Å². The van der Waals surface area contributed by atoms with Crippen molar-refractivity contribution < 1.29 is 14.3 Å². The highest BCUT2D eigenvalue weighted by Gasteiger charge is 2.39. The number of methoxy groups -OCH3 is 1. The summed E-state index contributed by atoms with van der Waals surface area (Å²) in [4.78, 5) is 11.3. The van der Waals surface area contributed by atoms with Crippen LogP contribution in [0.25, 0.3) is 0 Å². The Bertz CT molecular complexity index is 941. The van der Waals surface area contributed by atoms with Crippen molar-refractivity contribution in [1.29, 1.82) is 0 Å². The largest absolute Gasteiger partial charge is 0.493 e. The number of benzene rings is 2. The van der Waals surface area contributed by atoms with E-state index >= 15 is 0 Å². The van der Waals surface area contributed by atoms with Crippen LogP contribution in [-0.2, 0) is 4.79 Å². The molecule has 2 aliphatic rings. The molecule has 3 unspecified atom stereocenters. The van der Waals surface area contributed by atoms with E-state index in [9.17, 15) is 4.79 Å². The Morgan fingerprint density at radius 1 is 1.19 bits per heavy atom. The van der Waals surface area contributed by atoms with Crippen molar-refractivity contribution in [3.05, 3.63) is 63.7 Å². The normalized spacial score (nSPS) is 22.6. The fraction of sp³-hybridized carbons (Fsp3) is 0.286. The molecule has 2 aromatic rings. The zero-order valence-electron chi connectivity index (χ0n) is 15.0. The van der Waals surface area contributed by atoms with E-state index in [1.54, 1.807) is 13.2 Å². The summed E-state index contributed by atoms with van der Waals surface area (Å²) in [6.07, 6.45) is 5.42. The smallest absolute Gasteiger partial charge is 0.308 e. The summed E-state index contributed by atoms with van der Waals surface area (Å²) in [5.74, 6) is 1.19. The number of esters is 1. The number of hydrogen-bond donors (Lipinski definition) is 1. The van der Waals surface area contributed by atoms with Gasteiger partial charge in [0.25, 0.3) is 0 Å². The topological polar surface area (TPSA) is 47.6 Å². The van der Waals surface area contributed by atoms with Crippen molar-refractivity contribution in [3.63, 3.8) is 0 Å². The molecule has 1 aliphatic heterocycles. The molecule has 0 saturated heterocycles. The van der Waals surface area contributed by atoms with Gasteiger partial charge in [-0.05, 0) is 41.7 Å². The average Bonchev–Trinajstić information content (AvgIpc) is 3.14. The summed E-state index contributed by atoms with van der Waals surface area (Å²) in [7, 11) is 1.56. The van der Waals surface area contributed by atoms with Gasteiger partial charge < -0.3 is 14.8 Å². The number of rotatable bonds is 3. The molecule has 1 N–H and O–H groups in total. The molecule has 3 atom stereocenters. The van der Waals surface area contributed by atoms with Gasteiger partial charge in [-0.25, -0.2) is 0 Å². The van der Waals surface area contributed by atoms with Gasteiger partial charge in [0.15, 0.2) is 11.5 Å². The summed E-state index contributed by atoms with van der Waals surface area (Å²) in [5, 5.41) is 4.66. The lowest BCUT2D eigenvalue weighted by atomic mass is 9.77. The molecule has 0 amide bonds. The molecule has 6 heteroatoms. The molecule has 1 aliphatic carbocycles. The minimum atomic E-state index is -0.382. The third-order valence-corrected chi connectivity index (χ3v) is 6.03. The van der Waals surface area contributed by atoms with Crippen molar-refractivity contribution in [2.24, 2.45) is 5.92 Å². The maximum Gasteiger partial charge on any atom is 0.308 e. The van der Waals surface area contributed by atoms with Crippen molar-refractivity contribution in [1.82, 2.24) is 0 Å². The molecule has 0 fully saturated rings. The van der Waals surface area contributed by atoms with E-state index in [0.29, 0.717) is 27.5 Å². The molecule has 0 saturated carbocycles. The van der Waals surface area contributed by atoms with E-state index in [2.05, 4.69) is 17.5 Å². The quantitative estimate of drug-likeness (QED) is 0.402. The zero-order valence-corrected chi connectivity index (χ0v) is 16.5. The molecule has 2 aromatic carbocycles. The van der Waals surface area contributed by atoms with Crippen molar-refractivity contribution in [2.45, 2.75) is 25.3 Å². The summed E-state index contributed by atoms with van der Waals surface area (Å²) >= 11 is 12.7. The Morgan fingerprint density at radius 2 is 2.00 bits per heavy atom. The first-order valence-electron chi connectivity index (χ1n) is 8.77. The molecule has 0 radical (unpaired) electrons. The average molecular weight is 404 g/mol. The van der Waals surface area contributed by atoms with Gasteiger partial charge in [-0.2, -0.15) is 0 Å². The predicted octanol–water partition coefficient (Wildman–Crippen LogP) is 5.75. The number of hydrogen-bond acceptors (Lipinski definition) is 4. The van der Waals surface area contributed by atoms with Crippen molar-refractivity contribution >= 4 is 34.9 Å². The number of halogens is 2. The Labute approximate surface area is 168 Å². The number of allylic oxidation sites excluding steroid dienone is 2. The second-order valence-corrected chi connectivity index (χ2v) is 7.59. The minimum Gasteiger partial charge on any atom is -0.493 e. The highest BCUT2D eigenvalue weighted by molar-refractivity contribution is 6.43. The maximum atomic E-state index is 11.3. The van der Waals surface area contributed by atoms with Crippen LogP contribution in [0.1, 0.15) is 36.4 Å². The second-order valence-electron chi connectivity index (χ2n) is 6.81. The fourth-order valence-electron chi connectivity index (χ4n) is 4.05. The Balaban J connectivity index is 1.76. The molecule has 4 rings (SSSR count). The summed E-state index contributed by atoms with van der Waals surface area (Å²) < 4.78 is 10.7. The Morgan fingerprint density at radius 3 is 2.74 bits per heavy atom. The van der Waals surface area contributed by atoms with Gasteiger partial charge in [-0.1, -0.05) is 47.5 Å². The first-order chi connectivity index (χ1) is 13.0. The lowest BCUT2D eigenvalue weighted by Gasteiger charge is -2.38. The van der Waals surface area contributed by atoms with Gasteiger partial charge in [-0.15, -0.1) is 0 Å². The monoisotopic (exact) mass is 403 g/mol. The molecule has 0 aromatic heterocycles. The van der Waals surface area contributed by atoms with E-state index in [-0.39, 0.29) is 17.9 Å². The first kappa shape index (κ1) is 18.2. The molecule has 1 heterocycles. The molecule has 27 heavy (non-hydrogen) atoms. The lowest BCUT2D eigenvalue weighted by molar-refractivity contribution is -0.132. The third kappa shape index (κ3) is 3.17. The standard InChI is InChI=1S/C21H19Cl2NO3/c1-11(25)27-17-9-6-12(10-18(17)26-2)20-14-5-3-4-13(14)15-7-8-16(22)19(23)21(15)24-20/h3-4,6-10,13-14,20,24H,5H2,1-2H3. The zero-order chi connectivity index (χ0) is 19.1. The van der Waals surface area contributed by atoms with Gasteiger partial charge in [0, 0.05) is 12.8 Å². The fourth-order valence-corrected chi connectivity index (χ4v) is 4.43. The molecule has 0 spiro atoms. The van der Waals surface area contributed by atoms with E-state index in [1.165, 1.54) is 12.5 Å². The van der Waals surface area contributed by atoms with Gasteiger partial charge in [0.05, 0.1) is 28.9 Å². The van der Waals surface area contributed by atoms with Gasteiger partial charge >= 0.3 is 5.97 Å². The Kier molecular flexibility index (Phi) is 4.79. The molecular weight excluding hydrogens is 385 g/mol. The predicted molar refractivity (Wildman–Crippen MR) is 107 cm³/mol. The number of carbonyl (C=O) groups excluding carboxylic acids is 1. The van der Waals surface area contributed by atoms with Crippen molar-refractivity contribution in [3.8, 4) is 11.5 Å². The molecule has 140 valence electrons. The number of fused-ring (bicyclic) bond motifs is 3. The summed E-state index contributed by atoms with van der Waals surface area (Å²) in [6, 6.07) is 9.57. The summed E-state index contributed by atoms with van der Waals surface area (Å²) in [6.45, 7) is 1.37. The minimum absolute atomic E-state index is 0.0359. The van der Waals surface area contributed by atoms with Gasteiger partial charge in [0.2, 0.25) is 0 Å². The van der Waals surface area contributed by atoms with Gasteiger partial charge in [0.1, 0.15) is 0 Å². The molecular formula is C21H19Cl2NO3. The summed E-state index contributed by atoms with van der Waals surface area (Å²) in [5.41, 5.74) is 3.09. The number of ether oxygens (including phenoxy) is 2.